The third-order valence-corrected chi connectivity index (χ3v) is 4.11. The normalized spacial score (nSPS) is 12.2. The highest BCUT2D eigenvalue weighted by Gasteiger charge is 2.20. The van der Waals surface area contributed by atoms with Gasteiger partial charge in [0.25, 0.3) is 0 Å². The molecule has 0 radical (unpaired) electrons. The molecular formula is C19H24FN3O4. The minimum atomic E-state index is -0.920. The summed E-state index contributed by atoms with van der Waals surface area (Å²) in [4.78, 5) is 27.3. The van der Waals surface area contributed by atoms with Gasteiger partial charge in [-0.25, -0.2) is 4.39 Å². The number of amides is 1. The standard InChI is InChI=1S/C19H24FN3O4/c1-11(2)8-14(19(25)26)10-21-16(24)6-7-17-22-18(23-27-17)13-5-4-12(3)15(20)9-13/h4-5,9,11,14H,6-8,10H2,1-3H3,(H,21,24)(H,25,26). The first-order valence-electron chi connectivity index (χ1n) is 8.85. The topological polar surface area (TPSA) is 105 Å². The summed E-state index contributed by atoms with van der Waals surface area (Å²) in [6.45, 7) is 5.62. The first-order valence-corrected chi connectivity index (χ1v) is 8.85. The van der Waals surface area contributed by atoms with E-state index in [4.69, 9.17) is 4.52 Å². The molecular weight excluding hydrogens is 353 g/mol. The van der Waals surface area contributed by atoms with Crippen molar-refractivity contribution in [1.82, 2.24) is 15.5 Å². The zero-order chi connectivity index (χ0) is 20.0. The molecule has 1 atom stereocenters. The highest BCUT2D eigenvalue weighted by molar-refractivity contribution is 5.77. The Bertz CT molecular complexity index is 804. The molecule has 0 saturated heterocycles. The van der Waals surface area contributed by atoms with E-state index in [2.05, 4.69) is 15.5 Å². The maximum Gasteiger partial charge on any atom is 0.308 e. The van der Waals surface area contributed by atoms with Crippen LogP contribution in [0.5, 0.6) is 0 Å². The van der Waals surface area contributed by atoms with Gasteiger partial charge in [0, 0.05) is 24.9 Å². The van der Waals surface area contributed by atoms with E-state index in [1.807, 2.05) is 13.8 Å². The number of rotatable bonds is 9. The molecule has 1 heterocycles. The van der Waals surface area contributed by atoms with Crippen LogP contribution in [0.1, 0.15) is 38.1 Å². The van der Waals surface area contributed by atoms with E-state index >= 15 is 0 Å². The average Bonchev–Trinajstić information content (AvgIpc) is 3.07. The molecule has 1 unspecified atom stereocenters. The van der Waals surface area contributed by atoms with Gasteiger partial charge in [0.15, 0.2) is 0 Å². The van der Waals surface area contributed by atoms with Crippen LogP contribution in [-0.4, -0.2) is 33.7 Å². The molecule has 2 rings (SSSR count). The zero-order valence-corrected chi connectivity index (χ0v) is 15.7. The summed E-state index contributed by atoms with van der Waals surface area (Å²) in [5, 5.41) is 15.6. The highest BCUT2D eigenvalue weighted by atomic mass is 19.1. The van der Waals surface area contributed by atoms with Crippen LogP contribution in [0.25, 0.3) is 11.4 Å². The van der Waals surface area contributed by atoms with Gasteiger partial charge in [-0.1, -0.05) is 31.1 Å². The summed E-state index contributed by atoms with van der Waals surface area (Å²) in [6.07, 6.45) is 0.808. The second-order valence-corrected chi connectivity index (χ2v) is 6.94. The van der Waals surface area contributed by atoms with Gasteiger partial charge in [-0.2, -0.15) is 4.98 Å². The minimum Gasteiger partial charge on any atom is -0.481 e. The van der Waals surface area contributed by atoms with Crippen molar-refractivity contribution in [2.75, 3.05) is 6.54 Å². The molecule has 7 nitrogen and oxygen atoms in total. The molecule has 0 saturated carbocycles. The van der Waals surface area contributed by atoms with Crippen LogP contribution in [0.3, 0.4) is 0 Å². The molecule has 0 aliphatic heterocycles. The number of hydrogen-bond donors (Lipinski definition) is 2. The Labute approximate surface area is 157 Å². The summed E-state index contributed by atoms with van der Waals surface area (Å²) >= 11 is 0. The third-order valence-electron chi connectivity index (χ3n) is 4.11. The Balaban J connectivity index is 1.86. The molecule has 146 valence electrons. The number of halogens is 1. The van der Waals surface area contributed by atoms with Gasteiger partial charge in [-0.05, 0) is 30.9 Å². The quantitative estimate of drug-likeness (QED) is 0.696. The Morgan fingerprint density at radius 3 is 2.70 bits per heavy atom. The second kappa shape index (κ2) is 9.25. The van der Waals surface area contributed by atoms with Gasteiger partial charge in [0.1, 0.15) is 5.82 Å². The van der Waals surface area contributed by atoms with E-state index in [-0.39, 0.29) is 48.7 Å². The molecule has 0 bridgehead atoms. The summed E-state index contributed by atoms with van der Waals surface area (Å²) in [5.41, 5.74) is 1.02. The predicted octanol–water partition coefficient (Wildman–Crippen LogP) is 2.98. The molecule has 0 aliphatic carbocycles. The van der Waals surface area contributed by atoms with Gasteiger partial charge < -0.3 is 14.9 Å². The summed E-state index contributed by atoms with van der Waals surface area (Å²) < 4.78 is 18.7. The van der Waals surface area contributed by atoms with Crippen molar-refractivity contribution < 1.29 is 23.6 Å². The van der Waals surface area contributed by atoms with Crippen LogP contribution >= 0.6 is 0 Å². The molecule has 0 fully saturated rings. The van der Waals surface area contributed by atoms with Crippen molar-refractivity contribution in [3.63, 3.8) is 0 Å². The van der Waals surface area contributed by atoms with E-state index in [0.717, 1.165) is 0 Å². The van der Waals surface area contributed by atoms with Crippen molar-refractivity contribution >= 4 is 11.9 Å². The lowest BCUT2D eigenvalue weighted by molar-refractivity contribution is -0.142. The number of nitrogens with zero attached hydrogens (tertiary/aromatic N) is 2. The maximum atomic E-state index is 13.6. The fourth-order valence-corrected chi connectivity index (χ4v) is 2.59. The van der Waals surface area contributed by atoms with Gasteiger partial charge in [-0.3, -0.25) is 9.59 Å². The molecule has 1 aromatic carbocycles. The minimum absolute atomic E-state index is 0.0874. The van der Waals surface area contributed by atoms with E-state index < -0.39 is 11.9 Å². The van der Waals surface area contributed by atoms with Gasteiger partial charge in [-0.15, -0.1) is 0 Å². The largest absolute Gasteiger partial charge is 0.481 e. The molecule has 0 spiro atoms. The third kappa shape index (κ3) is 6.16. The Morgan fingerprint density at radius 1 is 1.33 bits per heavy atom. The molecule has 2 N–H and O–H groups in total. The van der Waals surface area contributed by atoms with Gasteiger partial charge in [0.2, 0.25) is 17.6 Å². The smallest absolute Gasteiger partial charge is 0.308 e. The van der Waals surface area contributed by atoms with E-state index in [1.165, 1.54) is 6.07 Å². The fraction of sp³-hybridized carbons (Fsp3) is 0.474. The summed E-state index contributed by atoms with van der Waals surface area (Å²) in [5.74, 6) is -1.42. The van der Waals surface area contributed by atoms with Crippen LogP contribution in [0.15, 0.2) is 22.7 Å². The van der Waals surface area contributed by atoms with Crippen molar-refractivity contribution in [2.24, 2.45) is 11.8 Å². The van der Waals surface area contributed by atoms with E-state index in [1.54, 1.807) is 19.1 Å². The number of carbonyl (C=O) groups is 2. The van der Waals surface area contributed by atoms with E-state index in [0.29, 0.717) is 17.5 Å². The van der Waals surface area contributed by atoms with Gasteiger partial charge >= 0.3 is 5.97 Å². The Hall–Kier alpha value is -2.77. The number of benzene rings is 1. The number of hydrogen-bond acceptors (Lipinski definition) is 5. The monoisotopic (exact) mass is 377 g/mol. The number of aromatic nitrogens is 2. The van der Waals surface area contributed by atoms with Crippen molar-refractivity contribution in [1.29, 1.82) is 0 Å². The van der Waals surface area contributed by atoms with Crippen LogP contribution in [0.4, 0.5) is 4.39 Å². The number of carbonyl (C=O) groups excluding carboxylic acids is 1. The molecule has 27 heavy (non-hydrogen) atoms. The lowest BCUT2D eigenvalue weighted by Crippen LogP contribution is -2.33. The van der Waals surface area contributed by atoms with Crippen LogP contribution in [0.2, 0.25) is 0 Å². The van der Waals surface area contributed by atoms with E-state index in [9.17, 15) is 19.1 Å². The van der Waals surface area contributed by atoms with Crippen molar-refractivity contribution in [3.8, 4) is 11.4 Å². The molecule has 8 heteroatoms. The highest BCUT2D eigenvalue weighted by Crippen LogP contribution is 2.19. The SMILES string of the molecule is Cc1ccc(-c2noc(CCC(=O)NCC(CC(C)C)C(=O)O)n2)cc1F. The molecule has 1 amide bonds. The maximum absolute atomic E-state index is 13.6. The molecule has 0 aliphatic rings. The van der Waals surface area contributed by atoms with Crippen molar-refractivity contribution in [2.45, 2.75) is 40.0 Å². The predicted molar refractivity (Wildman–Crippen MR) is 96.3 cm³/mol. The van der Waals surface area contributed by atoms with Gasteiger partial charge in [0.05, 0.1) is 5.92 Å². The van der Waals surface area contributed by atoms with Crippen LogP contribution in [0, 0.1) is 24.6 Å². The fourth-order valence-electron chi connectivity index (χ4n) is 2.59. The first kappa shape index (κ1) is 20.5. The first-order chi connectivity index (χ1) is 12.8. The zero-order valence-electron chi connectivity index (χ0n) is 15.7. The van der Waals surface area contributed by atoms with Crippen molar-refractivity contribution in [3.05, 3.63) is 35.5 Å². The lowest BCUT2D eigenvalue weighted by atomic mass is 9.97. The molecule has 2 aromatic rings. The lowest BCUT2D eigenvalue weighted by Gasteiger charge is -2.15. The number of carboxylic acids is 1. The summed E-state index contributed by atoms with van der Waals surface area (Å²) in [7, 11) is 0. The number of carboxylic acid groups (broad SMARTS) is 1. The molecule has 1 aromatic heterocycles. The number of aliphatic carboxylic acids is 1. The Morgan fingerprint density at radius 2 is 2.07 bits per heavy atom. The second-order valence-electron chi connectivity index (χ2n) is 6.94. The average molecular weight is 377 g/mol. The Kier molecular flexibility index (Phi) is 7.04. The number of nitrogens with one attached hydrogen (secondary N) is 1. The van der Waals surface area contributed by atoms with Crippen LogP contribution < -0.4 is 5.32 Å². The summed E-state index contributed by atoms with van der Waals surface area (Å²) in [6, 6.07) is 4.65. The van der Waals surface area contributed by atoms with Crippen LogP contribution in [-0.2, 0) is 16.0 Å². The number of aryl methyl sites for hydroxylation is 2.